The molecular weight excluding hydrogens is 258 g/mol. The lowest BCUT2D eigenvalue weighted by molar-refractivity contribution is 0.0536. The van der Waals surface area contributed by atoms with Crippen molar-refractivity contribution < 1.29 is 4.74 Å². The second-order valence-electron chi connectivity index (χ2n) is 6.62. The van der Waals surface area contributed by atoms with Crippen molar-refractivity contribution in [2.75, 3.05) is 19.8 Å². The van der Waals surface area contributed by atoms with Crippen LogP contribution in [0.5, 0.6) is 0 Å². The molecule has 1 fully saturated rings. The molecule has 1 N–H and O–H groups in total. The van der Waals surface area contributed by atoms with Crippen molar-refractivity contribution in [1.82, 2.24) is 5.32 Å². The highest BCUT2D eigenvalue weighted by atomic mass is 16.5. The minimum atomic E-state index is 0.515. The summed E-state index contributed by atoms with van der Waals surface area (Å²) in [5.41, 5.74) is 4.70. The first-order valence-electron chi connectivity index (χ1n) is 8.81. The summed E-state index contributed by atoms with van der Waals surface area (Å²) in [7, 11) is 0. The van der Waals surface area contributed by atoms with Gasteiger partial charge in [-0.05, 0) is 74.1 Å². The Morgan fingerprint density at radius 2 is 1.90 bits per heavy atom. The van der Waals surface area contributed by atoms with Crippen LogP contribution in [0.3, 0.4) is 0 Å². The van der Waals surface area contributed by atoms with E-state index in [1.807, 2.05) is 0 Å². The highest BCUT2D eigenvalue weighted by molar-refractivity contribution is 5.35. The molecule has 1 saturated heterocycles. The van der Waals surface area contributed by atoms with Gasteiger partial charge in [-0.1, -0.05) is 25.1 Å². The van der Waals surface area contributed by atoms with E-state index in [4.69, 9.17) is 4.74 Å². The van der Waals surface area contributed by atoms with Gasteiger partial charge in [0.05, 0.1) is 0 Å². The number of benzene rings is 1. The minimum absolute atomic E-state index is 0.515. The maximum absolute atomic E-state index is 5.55. The highest BCUT2D eigenvalue weighted by Crippen LogP contribution is 2.32. The Kier molecular flexibility index (Phi) is 5.32. The lowest BCUT2D eigenvalue weighted by Crippen LogP contribution is -2.32. The molecule has 1 aliphatic heterocycles. The molecule has 3 rings (SSSR count). The summed E-state index contributed by atoms with van der Waals surface area (Å²) in [6, 6.07) is 7.79. The molecule has 1 heterocycles. The zero-order valence-corrected chi connectivity index (χ0v) is 13.4. The van der Waals surface area contributed by atoms with E-state index in [0.717, 1.165) is 25.7 Å². The number of hydrogen-bond acceptors (Lipinski definition) is 2. The Labute approximate surface area is 129 Å². The molecule has 0 radical (unpaired) electrons. The molecule has 21 heavy (non-hydrogen) atoms. The Morgan fingerprint density at radius 1 is 1.14 bits per heavy atom. The van der Waals surface area contributed by atoms with Gasteiger partial charge in [0.15, 0.2) is 0 Å². The first-order chi connectivity index (χ1) is 10.4. The van der Waals surface area contributed by atoms with E-state index in [9.17, 15) is 0 Å². The van der Waals surface area contributed by atoms with Crippen molar-refractivity contribution in [3.8, 4) is 0 Å². The molecule has 0 spiro atoms. The molecule has 1 aromatic carbocycles. The van der Waals surface area contributed by atoms with Crippen molar-refractivity contribution in [3.63, 3.8) is 0 Å². The van der Waals surface area contributed by atoms with E-state index < -0.39 is 0 Å². The van der Waals surface area contributed by atoms with Gasteiger partial charge in [-0.25, -0.2) is 0 Å². The van der Waals surface area contributed by atoms with Crippen molar-refractivity contribution >= 4 is 0 Å². The molecule has 1 unspecified atom stereocenters. The molecule has 1 aliphatic carbocycles. The van der Waals surface area contributed by atoms with E-state index in [2.05, 4.69) is 30.4 Å². The van der Waals surface area contributed by atoms with Crippen molar-refractivity contribution in [1.29, 1.82) is 0 Å². The van der Waals surface area contributed by atoms with Crippen molar-refractivity contribution in [3.05, 3.63) is 34.9 Å². The number of aryl methyl sites for hydroxylation is 2. The molecule has 2 nitrogen and oxygen atoms in total. The van der Waals surface area contributed by atoms with Gasteiger partial charge in [0, 0.05) is 19.3 Å². The van der Waals surface area contributed by atoms with Gasteiger partial charge in [0.1, 0.15) is 0 Å². The summed E-state index contributed by atoms with van der Waals surface area (Å²) in [5, 5.41) is 3.81. The van der Waals surface area contributed by atoms with Gasteiger partial charge in [-0.2, -0.15) is 0 Å². The predicted octanol–water partition coefficient (Wildman–Crippen LogP) is 4.03. The Hall–Kier alpha value is -0.860. The summed E-state index contributed by atoms with van der Waals surface area (Å²) in [6.07, 6.45) is 8.86. The number of rotatable bonds is 5. The fraction of sp³-hybridized carbons (Fsp3) is 0.684. The highest BCUT2D eigenvalue weighted by Gasteiger charge is 2.25. The monoisotopic (exact) mass is 287 g/mol. The second kappa shape index (κ2) is 7.42. The summed E-state index contributed by atoms with van der Waals surface area (Å²) < 4.78 is 5.55. The third-order valence-corrected chi connectivity index (χ3v) is 5.08. The summed E-state index contributed by atoms with van der Waals surface area (Å²) in [4.78, 5) is 0. The van der Waals surface area contributed by atoms with Crippen LogP contribution in [0, 0.1) is 5.92 Å². The van der Waals surface area contributed by atoms with Crippen LogP contribution in [0.1, 0.15) is 61.8 Å². The minimum Gasteiger partial charge on any atom is -0.381 e. The van der Waals surface area contributed by atoms with E-state index in [-0.39, 0.29) is 0 Å². The summed E-state index contributed by atoms with van der Waals surface area (Å²) in [5.74, 6) is 0.729. The van der Waals surface area contributed by atoms with Crippen molar-refractivity contribution in [2.24, 2.45) is 5.92 Å². The normalized spacial score (nSPS) is 21.0. The van der Waals surface area contributed by atoms with Gasteiger partial charge in [0.2, 0.25) is 0 Å². The van der Waals surface area contributed by atoms with Crippen molar-refractivity contribution in [2.45, 2.75) is 57.9 Å². The maximum atomic E-state index is 5.55. The summed E-state index contributed by atoms with van der Waals surface area (Å²) >= 11 is 0. The molecule has 0 amide bonds. The Balaban J connectivity index is 1.80. The fourth-order valence-corrected chi connectivity index (χ4v) is 3.85. The Morgan fingerprint density at radius 3 is 2.67 bits per heavy atom. The molecule has 116 valence electrons. The van der Waals surface area contributed by atoms with Crippen LogP contribution in [0.15, 0.2) is 18.2 Å². The average molecular weight is 287 g/mol. The molecular formula is C19H29NO. The quantitative estimate of drug-likeness (QED) is 0.882. The summed E-state index contributed by atoms with van der Waals surface area (Å²) in [6.45, 7) is 5.22. The van der Waals surface area contributed by atoms with Gasteiger partial charge in [-0.15, -0.1) is 0 Å². The fourth-order valence-electron chi connectivity index (χ4n) is 3.85. The van der Waals surface area contributed by atoms with Gasteiger partial charge in [0.25, 0.3) is 0 Å². The number of nitrogens with one attached hydrogen (secondary N) is 1. The SMILES string of the molecule is CCCNC(c1ccc2c(c1)CCCC2)C1CCOCC1. The lowest BCUT2D eigenvalue weighted by atomic mass is 9.83. The maximum Gasteiger partial charge on any atom is 0.0469 e. The predicted molar refractivity (Wildman–Crippen MR) is 87.7 cm³/mol. The van der Waals surface area contributed by atoms with Gasteiger partial charge >= 0.3 is 0 Å². The van der Waals surface area contributed by atoms with E-state index in [1.54, 1.807) is 11.1 Å². The van der Waals surface area contributed by atoms with E-state index in [1.165, 1.54) is 50.5 Å². The molecule has 1 atom stereocenters. The number of fused-ring (bicyclic) bond motifs is 1. The largest absolute Gasteiger partial charge is 0.381 e. The molecule has 2 heteroatoms. The average Bonchev–Trinajstić information content (AvgIpc) is 2.56. The lowest BCUT2D eigenvalue weighted by Gasteiger charge is -2.32. The molecule has 0 saturated carbocycles. The topological polar surface area (TPSA) is 21.3 Å². The van der Waals surface area contributed by atoms with Crippen LogP contribution in [-0.2, 0) is 17.6 Å². The number of ether oxygens (including phenoxy) is 1. The van der Waals surface area contributed by atoms with E-state index in [0.29, 0.717) is 6.04 Å². The third-order valence-electron chi connectivity index (χ3n) is 5.08. The standard InChI is InChI=1S/C19H29NO/c1-2-11-20-19(16-9-12-21-13-10-16)18-8-7-15-5-3-4-6-17(15)14-18/h7-8,14,16,19-20H,2-6,9-13H2,1H3. The van der Waals surface area contributed by atoms with Crippen LogP contribution in [0.4, 0.5) is 0 Å². The zero-order chi connectivity index (χ0) is 14.5. The number of hydrogen-bond donors (Lipinski definition) is 1. The van der Waals surface area contributed by atoms with Crippen LogP contribution < -0.4 is 5.32 Å². The third kappa shape index (κ3) is 3.67. The van der Waals surface area contributed by atoms with Crippen LogP contribution in [0.25, 0.3) is 0 Å². The van der Waals surface area contributed by atoms with Crippen LogP contribution in [0.2, 0.25) is 0 Å². The van der Waals surface area contributed by atoms with Gasteiger partial charge in [-0.3, -0.25) is 0 Å². The Bertz CT molecular complexity index is 451. The molecule has 1 aromatic rings. The smallest absolute Gasteiger partial charge is 0.0469 e. The zero-order valence-electron chi connectivity index (χ0n) is 13.4. The second-order valence-corrected chi connectivity index (χ2v) is 6.62. The molecule has 0 aromatic heterocycles. The van der Waals surface area contributed by atoms with Gasteiger partial charge < -0.3 is 10.1 Å². The van der Waals surface area contributed by atoms with Crippen LogP contribution >= 0.6 is 0 Å². The molecule has 2 aliphatic rings. The first-order valence-corrected chi connectivity index (χ1v) is 8.81. The molecule has 0 bridgehead atoms. The van der Waals surface area contributed by atoms with Crippen LogP contribution in [-0.4, -0.2) is 19.8 Å². The van der Waals surface area contributed by atoms with E-state index >= 15 is 0 Å². The first kappa shape index (κ1) is 15.1.